The summed E-state index contributed by atoms with van der Waals surface area (Å²) < 4.78 is 44.7. The number of halogens is 3. The van der Waals surface area contributed by atoms with Crippen LogP contribution in [-0.2, 0) is 6.18 Å². The number of hydrogen-bond donors (Lipinski definition) is 1. The third-order valence-corrected chi connectivity index (χ3v) is 7.14. The number of piperazine rings is 1. The second-order valence-corrected chi connectivity index (χ2v) is 9.86. The van der Waals surface area contributed by atoms with Crippen molar-refractivity contribution in [3.05, 3.63) is 72.2 Å². The van der Waals surface area contributed by atoms with E-state index in [1.54, 1.807) is 6.20 Å². The average molecular weight is 512 g/mol. The van der Waals surface area contributed by atoms with Gasteiger partial charge in [0, 0.05) is 50.2 Å². The number of hydrogen-bond acceptors (Lipinski definition) is 6. The minimum absolute atomic E-state index is 0.177. The third-order valence-electron chi connectivity index (χ3n) is 7.14. The van der Waals surface area contributed by atoms with Gasteiger partial charge in [-0.25, -0.2) is 4.98 Å². The molecule has 1 saturated heterocycles. The van der Waals surface area contributed by atoms with E-state index in [-0.39, 0.29) is 6.10 Å². The Morgan fingerprint density at radius 1 is 0.865 bits per heavy atom. The molecule has 1 aliphatic heterocycles. The van der Waals surface area contributed by atoms with Crippen molar-refractivity contribution >= 4 is 17.2 Å². The predicted molar refractivity (Wildman–Crippen MR) is 139 cm³/mol. The lowest BCUT2D eigenvalue weighted by Gasteiger charge is -2.36. The van der Waals surface area contributed by atoms with Crippen LogP contribution < -0.4 is 19.9 Å². The van der Waals surface area contributed by atoms with E-state index in [0.29, 0.717) is 24.9 Å². The molecule has 0 amide bonds. The molecule has 196 valence electrons. The summed E-state index contributed by atoms with van der Waals surface area (Å²) in [7, 11) is 0. The molecule has 1 aromatic carbocycles. The van der Waals surface area contributed by atoms with Crippen LogP contribution in [0.2, 0.25) is 0 Å². The van der Waals surface area contributed by atoms with E-state index in [9.17, 15) is 13.2 Å². The Balaban J connectivity index is 1.10. The summed E-state index contributed by atoms with van der Waals surface area (Å²) in [6.45, 7) is 4.88. The molecule has 1 saturated carbocycles. The van der Waals surface area contributed by atoms with Crippen LogP contribution in [0.1, 0.15) is 36.8 Å². The van der Waals surface area contributed by atoms with Crippen molar-refractivity contribution in [1.29, 1.82) is 0 Å². The van der Waals surface area contributed by atoms with Gasteiger partial charge in [0.05, 0.1) is 29.7 Å². The number of rotatable bonds is 6. The minimum atomic E-state index is -4.37. The molecule has 0 bridgehead atoms. The molecule has 1 N–H and O–H groups in total. The molecule has 2 aromatic heterocycles. The quantitative estimate of drug-likeness (QED) is 0.443. The Morgan fingerprint density at radius 2 is 1.57 bits per heavy atom. The summed E-state index contributed by atoms with van der Waals surface area (Å²) in [5.41, 5.74) is 2.69. The van der Waals surface area contributed by atoms with Crippen LogP contribution in [-0.4, -0.2) is 48.3 Å². The van der Waals surface area contributed by atoms with Crippen molar-refractivity contribution in [1.82, 2.24) is 9.97 Å². The summed E-state index contributed by atoms with van der Waals surface area (Å²) in [4.78, 5) is 12.7. The Kier molecular flexibility index (Phi) is 7.39. The summed E-state index contributed by atoms with van der Waals surface area (Å²) in [5.74, 6) is 1.34. The maximum atomic E-state index is 12.8. The standard InChI is InChI=1S/C28H32F3N5O/c1-20-2-5-22(6-3-20)34-23-7-9-25(10-8-23)37-26-16-24(18-32-19-26)35-12-14-36(15-13-35)27-11-4-21(17-33-27)28(29,30)31/h2-6,11,16-19,23,25,34H,7-10,12-15H2,1H3/t23-,25-. The molecule has 2 fully saturated rings. The number of aryl methyl sites for hydroxylation is 1. The summed E-state index contributed by atoms with van der Waals surface area (Å²) in [5, 5.41) is 3.64. The normalized spacial score (nSPS) is 20.5. The minimum Gasteiger partial charge on any atom is -0.489 e. The van der Waals surface area contributed by atoms with E-state index in [1.807, 2.05) is 17.2 Å². The van der Waals surface area contributed by atoms with Crippen molar-refractivity contribution in [2.24, 2.45) is 0 Å². The van der Waals surface area contributed by atoms with Crippen LogP contribution in [0.3, 0.4) is 0 Å². The number of nitrogens with zero attached hydrogens (tertiary/aromatic N) is 4. The van der Waals surface area contributed by atoms with E-state index < -0.39 is 11.7 Å². The van der Waals surface area contributed by atoms with E-state index in [0.717, 1.165) is 62.5 Å². The summed E-state index contributed by atoms with van der Waals surface area (Å²) >= 11 is 0. The first-order valence-corrected chi connectivity index (χ1v) is 12.8. The lowest BCUT2D eigenvalue weighted by Crippen LogP contribution is -2.46. The van der Waals surface area contributed by atoms with Crippen molar-refractivity contribution < 1.29 is 17.9 Å². The molecule has 3 heterocycles. The molecule has 37 heavy (non-hydrogen) atoms. The van der Waals surface area contributed by atoms with Crippen molar-refractivity contribution in [2.75, 3.05) is 41.3 Å². The van der Waals surface area contributed by atoms with E-state index in [4.69, 9.17) is 4.74 Å². The van der Waals surface area contributed by atoms with Gasteiger partial charge in [-0.2, -0.15) is 13.2 Å². The lowest BCUT2D eigenvalue weighted by atomic mass is 9.92. The largest absolute Gasteiger partial charge is 0.489 e. The van der Waals surface area contributed by atoms with Crippen LogP contribution in [0, 0.1) is 6.92 Å². The van der Waals surface area contributed by atoms with Gasteiger partial charge >= 0.3 is 6.18 Å². The maximum absolute atomic E-state index is 12.8. The van der Waals surface area contributed by atoms with Crippen LogP contribution in [0.25, 0.3) is 0 Å². The fourth-order valence-electron chi connectivity index (χ4n) is 4.98. The Morgan fingerprint density at radius 3 is 2.22 bits per heavy atom. The number of nitrogens with one attached hydrogen (secondary N) is 1. The second-order valence-electron chi connectivity index (χ2n) is 9.86. The molecule has 0 radical (unpaired) electrons. The highest BCUT2D eigenvalue weighted by Gasteiger charge is 2.31. The SMILES string of the molecule is Cc1ccc(N[C@H]2CC[C@H](Oc3cncc(N4CCN(c5ccc(C(F)(F)F)cn5)CC4)c3)CC2)cc1. The summed E-state index contributed by atoms with van der Waals surface area (Å²) in [6, 6.07) is 13.6. The van der Waals surface area contributed by atoms with E-state index in [2.05, 4.69) is 51.4 Å². The first kappa shape index (κ1) is 25.2. The van der Waals surface area contributed by atoms with Gasteiger partial charge in [0.15, 0.2) is 0 Å². The first-order chi connectivity index (χ1) is 17.8. The molecule has 0 unspecified atom stereocenters. The zero-order chi connectivity index (χ0) is 25.8. The number of ether oxygens (including phenoxy) is 1. The molecule has 9 heteroatoms. The van der Waals surface area contributed by atoms with Crippen LogP contribution >= 0.6 is 0 Å². The number of pyridine rings is 2. The molecule has 2 aliphatic rings. The Bertz CT molecular complexity index is 1150. The molecule has 6 nitrogen and oxygen atoms in total. The fourth-order valence-corrected chi connectivity index (χ4v) is 4.98. The summed E-state index contributed by atoms with van der Waals surface area (Å²) in [6.07, 6.45) is 4.41. The highest BCUT2D eigenvalue weighted by molar-refractivity contribution is 5.51. The van der Waals surface area contributed by atoms with Gasteiger partial charge in [-0.1, -0.05) is 17.7 Å². The van der Waals surface area contributed by atoms with Gasteiger partial charge < -0.3 is 19.9 Å². The van der Waals surface area contributed by atoms with Crippen LogP contribution in [0.4, 0.5) is 30.4 Å². The molecule has 5 rings (SSSR count). The third kappa shape index (κ3) is 6.45. The average Bonchev–Trinajstić information content (AvgIpc) is 2.91. The molecular weight excluding hydrogens is 479 g/mol. The lowest BCUT2D eigenvalue weighted by molar-refractivity contribution is -0.137. The van der Waals surface area contributed by atoms with Crippen molar-refractivity contribution in [3.63, 3.8) is 0 Å². The molecule has 0 spiro atoms. The van der Waals surface area contributed by atoms with Gasteiger partial charge in [-0.3, -0.25) is 4.98 Å². The van der Waals surface area contributed by atoms with Gasteiger partial charge in [0.25, 0.3) is 0 Å². The smallest absolute Gasteiger partial charge is 0.417 e. The topological polar surface area (TPSA) is 53.5 Å². The molecular formula is C28H32F3N5O. The zero-order valence-electron chi connectivity index (χ0n) is 20.9. The van der Waals surface area contributed by atoms with Crippen LogP contribution in [0.5, 0.6) is 5.75 Å². The monoisotopic (exact) mass is 511 g/mol. The van der Waals surface area contributed by atoms with Gasteiger partial charge in [-0.05, 0) is 56.9 Å². The molecule has 3 aromatic rings. The zero-order valence-corrected chi connectivity index (χ0v) is 20.9. The molecule has 1 aliphatic carbocycles. The van der Waals surface area contributed by atoms with Crippen LogP contribution in [0.15, 0.2) is 61.1 Å². The van der Waals surface area contributed by atoms with Gasteiger partial charge in [-0.15, -0.1) is 0 Å². The number of alkyl halides is 3. The highest BCUT2D eigenvalue weighted by atomic mass is 19.4. The van der Waals surface area contributed by atoms with E-state index >= 15 is 0 Å². The van der Waals surface area contributed by atoms with Gasteiger partial charge in [0.2, 0.25) is 0 Å². The van der Waals surface area contributed by atoms with Gasteiger partial charge in [0.1, 0.15) is 11.6 Å². The van der Waals surface area contributed by atoms with E-state index in [1.165, 1.54) is 17.3 Å². The number of aromatic nitrogens is 2. The maximum Gasteiger partial charge on any atom is 0.417 e. The predicted octanol–water partition coefficient (Wildman–Crippen LogP) is 5.93. The molecule has 0 atom stereocenters. The Hall–Kier alpha value is -3.49. The number of benzene rings is 1. The Labute approximate surface area is 215 Å². The van der Waals surface area contributed by atoms with Crippen molar-refractivity contribution in [2.45, 2.75) is 50.9 Å². The second kappa shape index (κ2) is 10.9. The fraction of sp³-hybridized carbons (Fsp3) is 0.429. The number of anilines is 3. The first-order valence-electron chi connectivity index (χ1n) is 12.8. The highest BCUT2D eigenvalue weighted by Crippen LogP contribution is 2.31. The van der Waals surface area contributed by atoms with Crippen molar-refractivity contribution in [3.8, 4) is 5.75 Å².